The Morgan fingerprint density at radius 3 is 2.82 bits per heavy atom. The summed E-state index contributed by atoms with van der Waals surface area (Å²) in [5.74, 6) is 0.696. The van der Waals surface area contributed by atoms with Crippen molar-refractivity contribution in [1.29, 1.82) is 0 Å². The van der Waals surface area contributed by atoms with E-state index in [1.54, 1.807) is 11.1 Å². The predicted octanol–water partition coefficient (Wildman–Crippen LogP) is 4.10. The highest BCUT2D eigenvalue weighted by Crippen LogP contribution is 2.34. The number of nitrogens with one attached hydrogen (secondary N) is 1. The van der Waals surface area contributed by atoms with Gasteiger partial charge in [0, 0.05) is 44.5 Å². The zero-order valence-electron chi connectivity index (χ0n) is 18.8. The van der Waals surface area contributed by atoms with Crippen molar-refractivity contribution in [2.45, 2.75) is 19.0 Å². The molecule has 8 nitrogen and oxygen atoms in total. The molecule has 1 N–H and O–H groups in total. The van der Waals surface area contributed by atoms with E-state index in [0.717, 1.165) is 30.4 Å². The van der Waals surface area contributed by atoms with Crippen molar-refractivity contribution in [1.82, 2.24) is 15.0 Å². The second kappa shape index (κ2) is 9.20. The van der Waals surface area contributed by atoms with Crippen LogP contribution in [0.4, 0.5) is 36.6 Å². The van der Waals surface area contributed by atoms with Crippen LogP contribution in [-0.4, -0.2) is 60.4 Å². The van der Waals surface area contributed by atoms with Gasteiger partial charge in [-0.25, -0.2) is 23.5 Å². The van der Waals surface area contributed by atoms with E-state index < -0.39 is 18.0 Å². The molecule has 1 saturated heterocycles. The minimum atomic E-state index is -0.841. The lowest BCUT2D eigenvalue weighted by atomic mass is 10.1. The fourth-order valence-corrected chi connectivity index (χ4v) is 4.34. The number of anilines is 4. The van der Waals surface area contributed by atoms with E-state index in [2.05, 4.69) is 20.2 Å². The number of halogens is 2. The molecule has 0 aromatic carbocycles. The Morgan fingerprint density at radius 2 is 2.03 bits per heavy atom. The monoisotopic (exact) mass is 465 g/mol. The van der Waals surface area contributed by atoms with Gasteiger partial charge >= 0.3 is 6.03 Å². The zero-order chi connectivity index (χ0) is 23.7. The van der Waals surface area contributed by atoms with E-state index in [9.17, 15) is 13.6 Å². The molecule has 1 atom stereocenters. The molecule has 2 aliphatic rings. The third kappa shape index (κ3) is 4.48. The first kappa shape index (κ1) is 22.0. The molecule has 3 aromatic rings. The van der Waals surface area contributed by atoms with Gasteiger partial charge in [-0.15, -0.1) is 0 Å². The average molecular weight is 466 g/mol. The second-order valence-corrected chi connectivity index (χ2v) is 8.52. The van der Waals surface area contributed by atoms with Crippen molar-refractivity contribution < 1.29 is 13.6 Å². The van der Waals surface area contributed by atoms with Crippen LogP contribution in [0.15, 0.2) is 48.9 Å². The Hall–Kier alpha value is -3.82. The van der Waals surface area contributed by atoms with Gasteiger partial charge < -0.3 is 15.1 Å². The summed E-state index contributed by atoms with van der Waals surface area (Å²) in [7, 11) is 1.96. The number of hydrogen-bond acceptors (Lipinski definition) is 6. The summed E-state index contributed by atoms with van der Waals surface area (Å²) in [5.41, 5.74) is 2.61. The van der Waals surface area contributed by atoms with E-state index >= 15 is 0 Å². The maximum atomic E-state index is 13.7. The van der Waals surface area contributed by atoms with Gasteiger partial charge in [-0.3, -0.25) is 9.88 Å². The lowest BCUT2D eigenvalue weighted by molar-refractivity contribution is 0.257. The highest BCUT2D eigenvalue weighted by Gasteiger charge is 2.27. The van der Waals surface area contributed by atoms with Gasteiger partial charge in [0.1, 0.15) is 17.8 Å². The number of fused-ring (bicyclic) bond motifs is 1. The molecule has 10 heteroatoms. The molecule has 34 heavy (non-hydrogen) atoms. The number of urea groups is 1. The second-order valence-electron chi connectivity index (χ2n) is 8.52. The first-order chi connectivity index (χ1) is 16.5. The number of amides is 2. The molecule has 0 unspecified atom stereocenters. The molecule has 0 spiro atoms. The van der Waals surface area contributed by atoms with Gasteiger partial charge in [-0.1, -0.05) is 0 Å². The topological polar surface area (TPSA) is 77.5 Å². The Labute approximate surface area is 196 Å². The van der Waals surface area contributed by atoms with Gasteiger partial charge in [0.25, 0.3) is 0 Å². The molecule has 0 saturated carbocycles. The highest BCUT2D eigenvalue weighted by molar-refractivity contribution is 6.03. The van der Waals surface area contributed by atoms with Crippen LogP contribution in [0.3, 0.4) is 0 Å². The van der Waals surface area contributed by atoms with Crippen LogP contribution >= 0.6 is 0 Å². The summed E-state index contributed by atoms with van der Waals surface area (Å²) in [6, 6.07) is 8.42. The number of carbonyl (C=O) groups is 1. The van der Waals surface area contributed by atoms with Crippen molar-refractivity contribution in [2.24, 2.45) is 0 Å². The standard InChI is InChI=1S/C24H25F2N7O/c1-31-8-2-9-33(24(34)29-19-12-18(26)13-27-14-19)23-21(31)4-3-20(30-23)16-5-7-28-22(11-16)32-10-6-17(25)15-32/h3-5,7,11-14,17H,2,6,8-10,15H2,1H3,(H,29,34)/t17-/m1/s1. The lowest BCUT2D eigenvalue weighted by Crippen LogP contribution is -2.36. The fraction of sp³-hybridized carbons (Fsp3) is 0.333. The minimum absolute atomic E-state index is 0.274. The SMILES string of the molecule is CN1CCCN(C(=O)Nc2cncc(F)c2)c2nc(-c3ccnc(N4CC[C@@H](F)C4)c3)ccc21. The molecule has 0 aliphatic carbocycles. The number of pyridine rings is 3. The Bertz CT molecular complexity index is 1210. The molecular weight excluding hydrogens is 440 g/mol. The minimum Gasteiger partial charge on any atom is -0.372 e. The molecule has 2 aliphatic heterocycles. The zero-order valence-corrected chi connectivity index (χ0v) is 18.8. The van der Waals surface area contributed by atoms with Crippen molar-refractivity contribution in [3.8, 4) is 11.3 Å². The van der Waals surface area contributed by atoms with E-state index in [4.69, 9.17) is 4.98 Å². The number of rotatable bonds is 3. The van der Waals surface area contributed by atoms with Gasteiger partial charge in [-0.2, -0.15) is 0 Å². The van der Waals surface area contributed by atoms with Crippen LogP contribution in [0.1, 0.15) is 12.8 Å². The maximum absolute atomic E-state index is 13.7. The van der Waals surface area contributed by atoms with E-state index in [-0.39, 0.29) is 5.69 Å². The normalized spacial score (nSPS) is 18.0. The third-order valence-electron chi connectivity index (χ3n) is 6.09. The third-order valence-corrected chi connectivity index (χ3v) is 6.09. The Kier molecular flexibility index (Phi) is 5.95. The molecule has 176 valence electrons. The quantitative estimate of drug-likeness (QED) is 0.628. The molecule has 3 aromatic heterocycles. The number of aromatic nitrogens is 3. The fourth-order valence-electron chi connectivity index (χ4n) is 4.34. The van der Waals surface area contributed by atoms with Crippen LogP contribution < -0.4 is 20.0 Å². The van der Waals surface area contributed by atoms with Gasteiger partial charge in [-0.05, 0) is 37.1 Å². The summed E-state index contributed by atoms with van der Waals surface area (Å²) >= 11 is 0. The summed E-state index contributed by atoms with van der Waals surface area (Å²) in [6.45, 7) is 2.18. The number of carbonyl (C=O) groups excluding carboxylic acids is 1. The van der Waals surface area contributed by atoms with Crippen LogP contribution in [0.2, 0.25) is 0 Å². The van der Waals surface area contributed by atoms with Crippen molar-refractivity contribution in [3.63, 3.8) is 0 Å². The predicted molar refractivity (Wildman–Crippen MR) is 128 cm³/mol. The number of nitrogens with zero attached hydrogens (tertiary/aromatic N) is 6. The summed E-state index contributed by atoms with van der Waals surface area (Å²) < 4.78 is 27.2. The van der Waals surface area contributed by atoms with Crippen LogP contribution in [-0.2, 0) is 0 Å². The van der Waals surface area contributed by atoms with Gasteiger partial charge in [0.15, 0.2) is 5.82 Å². The van der Waals surface area contributed by atoms with Crippen LogP contribution in [0, 0.1) is 5.82 Å². The maximum Gasteiger partial charge on any atom is 0.327 e. The van der Waals surface area contributed by atoms with E-state index in [1.807, 2.05) is 36.2 Å². The average Bonchev–Trinajstić information content (AvgIpc) is 3.20. The molecule has 0 radical (unpaired) electrons. The number of alkyl halides is 1. The lowest BCUT2D eigenvalue weighted by Gasteiger charge is -2.24. The molecule has 0 bridgehead atoms. The first-order valence-electron chi connectivity index (χ1n) is 11.2. The van der Waals surface area contributed by atoms with Crippen LogP contribution in [0.5, 0.6) is 0 Å². The smallest absolute Gasteiger partial charge is 0.327 e. The Morgan fingerprint density at radius 1 is 1.15 bits per heavy atom. The van der Waals surface area contributed by atoms with E-state index in [0.29, 0.717) is 43.4 Å². The van der Waals surface area contributed by atoms with Crippen molar-refractivity contribution in [2.75, 3.05) is 53.2 Å². The molecule has 5 heterocycles. The molecule has 2 amide bonds. The molecule has 1 fully saturated rings. The summed E-state index contributed by atoms with van der Waals surface area (Å²) in [5, 5.41) is 2.72. The van der Waals surface area contributed by atoms with Gasteiger partial charge in [0.2, 0.25) is 0 Å². The largest absolute Gasteiger partial charge is 0.372 e. The number of hydrogen-bond donors (Lipinski definition) is 1. The molecule has 5 rings (SSSR count). The van der Waals surface area contributed by atoms with E-state index in [1.165, 1.54) is 12.3 Å². The highest BCUT2D eigenvalue weighted by atomic mass is 19.1. The first-order valence-corrected chi connectivity index (χ1v) is 11.2. The Balaban J connectivity index is 1.47. The van der Waals surface area contributed by atoms with Crippen molar-refractivity contribution >= 4 is 29.0 Å². The van der Waals surface area contributed by atoms with Crippen molar-refractivity contribution in [3.05, 3.63) is 54.7 Å². The van der Waals surface area contributed by atoms with Gasteiger partial charge in [0.05, 0.1) is 36.0 Å². The summed E-state index contributed by atoms with van der Waals surface area (Å²) in [6.07, 6.45) is 4.58. The molecular formula is C24H25F2N7O. The summed E-state index contributed by atoms with van der Waals surface area (Å²) in [4.78, 5) is 31.8. The van der Waals surface area contributed by atoms with Crippen LogP contribution in [0.25, 0.3) is 11.3 Å².